The normalized spacial score (nSPS) is 9.62. The van der Waals surface area contributed by atoms with Gasteiger partial charge in [-0.05, 0) is 6.92 Å². The number of carboxylic acids is 2. The van der Waals surface area contributed by atoms with Crippen LogP contribution in [0.25, 0.3) is 11.1 Å². The maximum absolute atomic E-state index is 9.76. The Morgan fingerprint density at radius 2 is 1.50 bits per heavy atom. The first-order chi connectivity index (χ1) is 6.95. The molecule has 0 heterocycles. The molecule has 0 spiro atoms. The number of carbonyl (C=O) groups is 2. The molecule has 0 unspecified atom stereocenters. The van der Waals surface area contributed by atoms with Crippen LogP contribution in [0.3, 0.4) is 0 Å². The molecule has 0 aromatic carbocycles. The average molecular weight is 218 g/mol. The standard InChI is InChI=1S/C6H4O.C4H6O4.Li.H/c7-6-4-2-1-3-5(4)6;1-2(3(5)6)4(7)8;;/h1-3,7H;2H,1H3,(H,5,6)(H,7,8);;. The molecule has 6 heteroatoms. The van der Waals surface area contributed by atoms with E-state index in [1.54, 1.807) is 0 Å². The van der Waals surface area contributed by atoms with Crippen LogP contribution >= 0.6 is 0 Å². The molecule has 0 amide bonds. The number of benzene rings is 1. The summed E-state index contributed by atoms with van der Waals surface area (Å²) in [5, 5.41) is 24.6. The van der Waals surface area contributed by atoms with E-state index in [1.165, 1.54) is 0 Å². The third-order valence-electron chi connectivity index (χ3n) is 2.00. The van der Waals surface area contributed by atoms with Crippen LogP contribution in [0.4, 0.5) is 0 Å². The fourth-order valence-corrected chi connectivity index (χ4v) is 0.890. The number of carboxylic acid groups (broad SMARTS) is 2. The van der Waals surface area contributed by atoms with E-state index in [0.29, 0.717) is 5.75 Å². The number of para-hydroxylation sites is 1. The van der Waals surface area contributed by atoms with Gasteiger partial charge >= 0.3 is 30.8 Å². The molecule has 16 heavy (non-hydrogen) atoms. The van der Waals surface area contributed by atoms with Gasteiger partial charge in [-0.1, -0.05) is 18.2 Å². The topological polar surface area (TPSA) is 94.8 Å². The first kappa shape index (κ1) is 14.6. The molecule has 2 rings (SSSR count). The van der Waals surface area contributed by atoms with Crippen molar-refractivity contribution in [3.8, 4) is 16.9 Å². The van der Waals surface area contributed by atoms with E-state index in [4.69, 9.17) is 15.3 Å². The number of hydrogen-bond acceptors (Lipinski definition) is 3. The first-order valence-electron chi connectivity index (χ1n) is 4.23. The SMILES string of the molecule is CC(C(=O)O)C(=O)O.Oc1c2cccc1-2.[LiH]. The Labute approximate surface area is 104 Å². The molecule has 0 saturated carbocycles. The van der Waals surface area contributed by atoms with Gasteiger partial charge in [0, 0.05) is 11.1 Å². The second-order valence-corrected chi connectivity index (χ2v) is 3.10. The van der Waals surface area contributed by atoms with Crippen molar-refractivity contribution in [2.45, 2.75) is 6.92 Å². The summed E-state index contributed by atoms with van der Waals surface area (Å²) in [5.41, 5.74) is 2.06. The van der Waals surface area contributed by atoms with E-state index in [-0.39, 0.29) is 18.9 Å². The number of phenols is 1. The maximum atomic E-state index is 9.76. The van der Waals surface area contributed by atoms with Crippen LogP contribution in [0.5, 0.6) is 5.75 Å². The van der Waals surface area contributed by atoms with Crippen LogP contribution < -0.4 is 0 Å². The summed E-state index contributed by atoms with van der Waals surface area (Å²) in [6.07, 6.45) is 0. The zero-order valence-corrected chi connectivity index (χ0v) is 7.97. The van der Waals surface area contributed by atoms with Crippen LogP contribution in [0.1, 0.15) is 6.92 Å². The van der Waals surface area contributed by atoms with Crippen molar-refractivity contribution >= 4 is 30.8 Å². The molecule has 0 radical (unpaired) electrons. The van der Waals surface area contributed by atoms with Gasteiger partial charge in [-0.2, -0.15) is 0 Å². The van der Waals surface area contributed by atoms with Crippen LogP contribution in [-0.4, -0.2) is 46.1 Å². The fourth-order valence-electron chi connectivity index (χ4n) is 0.890. The second kappa shape index (κ2) is 5.59. The summed E-state index contributed by atoms with van der Waals surface area (Å²) >= 11 is 0. The Morgan fingerprint density at radius 1 is 1.12 bits per heavy atom. The van der Waals surface area contributed by atoms with E-state index in [9.17, 15) is 9.59 Å². The predicted molar refractivity (Wildman–Crippen MR) is 58.7 cm³/mol. The second-order valence-electron chi connectivity index (χ2n) is 3.10. The molecule has 0 aromatic rings. The van der Waals surface area contributed by atoms with Gasteiger partial charge in [-0.25, -0.2) is 0 Å². The van der Waals surface area contributed by atoms with Gasteiger partial charge in [-0.3, -0.25) is 9.59 Å². The van der Waals surface area contributed by atoms with E-state index < -0.39 is 17.9 Å². The van der Waals surface area contributed by atoms with E-state index in [2.05, 4.69) is 0 Å². The van der Waals surface area contributed by atoms with E-state index in [0.717, 1.165) is 18.1 Å². The van der Waals surface area contributed by atoms with Crippen molar-refractivity contribution in [2.75, 3.05) is 0 Å². The summed E-state index contributed by atoms with van der Waals surface area (Å²) in [5.74, 6) is -3.42. The minimum atomic E-state index is -1.31. The number of rotatable bonds is 2. The molecule has 0 saturated heterocycles. The van der Waals surface area contributed by atoms with Gasteiger partial charge in [0.1, 0.15) is 5.75 Å². The summed E-state index contributed by atoms with van der Waals surface area (Å²) in [6.45, 7) is 1.12. The number of aromatic hydroxyl groups is 1. The van der Waals surface area contributed by atoms with Gasteiger partial charge < -0.3 is 15.3 Å². The molecule has 5 nitrogen and oxygen atoms in total. The molecule has 3 N–H and O–H groups in total. The van der Waals surface area contributed by atoms with Gasteiger partial charge in [0.15, 0.2) is 5.92 Å². The Bertz CT molecular complexity index is 381. The van der Waals surface area contributed by atoms with Crippen molar-refractivity contribution in [1.82, 2.24) is 0 Å². The van der Waals surface area contributed by atoms with Crippen molar-refractivity contribution < 1.29 is 24.9 Å². The molecule has 82 valence electrons. The van der Waals surface area contributed by atoms with E-state index in [1.807, 2.05) is 18.2 Å². The summed E-state index contributed by atoms with van der Waals surface area (Å²) in [4.78, 5) is 19.5. The van der Waals surface area contributed by atoms with Crippen molar-refractivity contribution in [3.63, 3.8) is 0 Å². The van der Waals surface area contributed by atoms with Crippen molar-refractivity contribution in [1.29, 1.82) is 0 Å². The third kappa shape index (κ3) is 3.30. The van der Waals surface area contributed by atoms with Crippen LogP contribution in [-0.2, 0) is 9.59 Å². The molecule has 0 fully saturated rings. The monoisotopic (exact) mass is 218 g/mol. The Hall–Kier alpha value is -1.44. The Kier molecular flexibility index (Phi) is 5.09. The van der Waals surface area contributed by atoms with Crippen LogP contribution in [0.15, 0.2) is 18.2 Å². The Balaban J connectivity index is 0.000000265. The van der Waals surface area contributed by atoms with Gasteiger partial charge in [0.25, 0.3) is 0 Å². The number of hydrogen-bond donors (Lipinski definition) is 3. The van der Waals surface area contributed by atoms with Crippen molar-refractivity contribution in [3.05, 3.63) is 18.2 Å². The molecule has 2 aliphatic rings. The molecule has 0 aliphatic heterocycles. The van der Waals surface area contributed by atoms with Crippen LogP contribution in [0.2, 0.25) is 0 Å². The molecule has 2 aliphatic carbocycles. The molecular weight excluding hydrogens is 207 g/mol. The predicted octanol–water partition coefficient (Wildman–Crippen LogP) is 0.516. The fraction of sp³-hybridized carbons (Fsp3) is 0.200. The zero-order chi connectivity index (χ0) is 11.6. The van der Waals surface area contributed by atoms with Crippen molar-refractivity contribution in [2.24, 2.45) is 5.92 Å². The summed E-state index contributed by atoms with van der Waals surface area (Å²) in [6, 6.07) is 5.75. The third-order valence-corrected chi connectivity index (χ3v) is 2.00. The number of aliphatic carboxylic acids is 2. The average Bonchev–Trinajstić information content (AvgIpc) is 2.66. The Morgan fingerprint density at radius 3 is 1.62 bits per heavy atom. The summed E-state index contributed by atoms with van der Waals surface area (Å²) < 4.78 is 0. The number of phenolic OH excluding ortho intramolecular Hbond substituents is 1. The molecular formula is C10H11LiO5. The summed E-state index contributed by atoms with van der Waals surface area (Å²) in [7, 11) is 0. The number of fused-ring (bicyclic) bond motifs is 1. The zero-order valence-electron chi connectivity index (χ0n) is 7.97. The molecule has 0 atom stereocenters. The van der Waals surface area contributed by atoms with Gasteiger partial charge in [0.05, 0.1) is 0 Å². The minimum absolute atomic E-state index is 0. The first-order valence-corrected chi connectivity index (χ1v) is 4.23. The van der Waals surface area contributed by atoms with Gasteiger partial charge in [0.2, 0.25) is 0 Å². The van der Waals surface area contributed by atoms with Gasteiger partial charge in [-0.15, -0.1) is 0 Å². The quantitative estimate of drug-likeness (QED) is 0.504. The molecule has 0 bridgehead atoms. The molecule has 0 aromatic heterocycles. The van der Waals surface area contributed by atoms with E-state index >= 15 is 0 Å². The van der Waals surface area contributed by atoms with Crippen LogP contribution in [0, 0.1) is 5.92 Å².